The number of fused-ring (bicyclic) bond motifs is 1. The van der Waals surface area contributed by atoms with Crippen molar-refractivity contribution in [3.05, 3.63) is 35.4 Å². The van der Waals surface area contributed by atoms with E-state index in [1.54, 1.807) is 24.3 Å². The molecule has 0 radical (unpaired) electrons. The standard InChI is InChI=1S/C10H7NO3.H2O/c12-6-5-11-9(13)7-3-1-2-4-8(7)10(11)14;/h1-4,6H,5H2;1H2. The van der Waals surface area contributed by atoms with Gasteiger partial charge in [0.05, 0.1) is 17.7 Å². The molecule has 1 heterocycles. The van der Waals surface area contributed by atoms with E-state index in [0.717, 1.165) is 4.90 Å². The lowest BCUT2D eigenvalue weighted by atomic mass is 10.1. The van der Waals surface area contributed by atoms with Gasteiger partial charge in [-0.25, -0.2) is 0 Å². The third-order valence-corrected chi connectivity index (χ3v) is 2.14. The van der Waals surface area contributed by atoms with Gasteiger partial charge in [0.15, 0.2) is 0 Å². The molecular weight excluding hydrogens is 198 g/mol. The molecule has 15 heavy (non-hydrogen) atoms. The molecule has 0 unspecified atom stereocenters. The lowest BCUT2D eigenvalue weighted by Gasteiger charge is -2.07. The summed E-state index contributed by atoms with van der Waals surface area (Å²) in [6, 6.07) is 6.55. The molecular formula is C10H9NO4. The van der Waals surface area contributed by atoms with Crippen LogP contribution in [0.5, 0.6) is 0 Å². The number of amides is 2. The number of benzene rings is 1. The second-order valence-electron chi connectivity index (χ2n) is 2.93. The zero-order valence-electron chi connectivity index (χ0n) is 7.77. The quantitative estimate of drug-likeness (QED) is 0.491. The molecule has 0 saturated heterocycles. The molecule has 0 aliphatic carbocycles. The summed E-state index contributed by atoms with van der Waals surface area (Å²) in [7, 11) is 0. The van der Waals surface area contributed by atoms with Crippen LogP contribution in [0, 0.1) is 0 Å². The van der Waals surface area contributed by atoms with E-state index in [-0.39, 0.29) is 12.0 Å². The maximum absolute atomic E-state index is 11.5. The minimum atomic E-state index is -0.391. The molecule has 0 saturated carbocycles. The Labute approximate surface area is 85.6 Å². The van der Waals surface area contributed by atoms with E-state index < -0.39 is 11.8 Å². The van der Waals surface area contributed by atoms with Crippen molar-refractivity contribution in [2.45, 2.75) is 0 Å². The summed E-state index contributed by atoms with van der Waals surface area (Å²) in [5.41, 5.74) is 0.749. The molecule has 1 aromatic carbocycles. The van der Waals surface area contributed by atoms with Crippen LogP contribution in [0.15, 0.2) is 24.3 Å². The molecule has 0 fully saturated rings. The predicted octanol–water partition coefficient (Wildman–Crippen LogP) is -0.343. The fourth-order valence-corrected chi connectivity index (χ4v) is 1.48. The van der Waals surface area contributed by atoms with Crippen LogP contribution in [-0.2, 0) is 4.79 Å². The van der Waals surface area contributed by atoms with E-state index in [4.69, 9.17) is 0 Å². The van der Waals surface area contributed by atoms with Gasteiger partial charge in [0, 0.05) is 0 Å². The van der Waals surface area contributed by atoms with Gasteiger partial charge in [-0.2, -0.15) is 0 Å². The molecule has 0 bridgehead atoms. The van der Waals surface area contributed by atoms with Gasteiger partial charge in [-0.15, -0.1) is 0 Å². The Morgan fingerprint density at radius 1 is 1.07 bits per heavy atom. The lowest BCUT2D eigenvalue weighted by Crippen LogP contribution is -2.31. The molecule has 5 heteroatoms. The first-order valence-corrected chi connectivity index (χ1v) is 4.14. The number of carbonyl (C=O) groups is 3. The van der Waals surface area contributed by atoms with E-state index in [9.17, 15) is 14.4 Å². The molecule has 1 aliphatic heterocycles. The highest BCUT2D eigenvalue weighted by Gasteiger charge is 2.34. The minimum absolute atomic E-state index is 0. The average molecular weight is 207 g/mol. The summed E-state index contributed by atoms with van der Waals surface area (Å²) >= 11 is 0. The summed E-state index contributed by atoms with van der Waals surface area (Å²) in [4.78, 5) is 34.3. The molecule has 5 nitrogen and oxygen atoms in total. The smallest absolute Gasteiger partial charge is 0.261 e. The van der Waals surface area contributed by atoms with Crippen LogP contribution in [0.25, 0.3) is 0 Å². The molecule has 1 aromatic rings. The second kappa shape index (κ2) is 4.02. The Kier molecular flexibility index (Phi) is 2.96. The van der Waals surface area contributed by atoms with Crippen LogP contribution < -0.4 is 0 Å². The Balaban J connectivity index is 0.00000112. The molecule has 78 valence electrons. The Bertz CT molecular complexity index is 392. The second-order valence-corrected chi connectivity index (χ2v) is 2.93. The Morgan fingerprint density at radius 2 is 1.53 bits per heavy atom. The molecule has 1 aliphatic rings. The van der Waals surface area contributed by atoms with Crippen molar-refractivity contribution in [2.75, 3.05) is 6.54 Å². The third kappa shape index (κ3) is 1.53. The van der Waals surface area contributed by atoms with Gasteiger partial charge in [-0.05, 0) is 12.1 Å². The van der Waals surface area contributed by atoms with Crippen molar-refractivity contribution < 1.29 is 19.9 Å². The molecule has 0 aromatic heterocycles. The van der Waals surface area contributed by atoms with Crippen LogP contribution in [0.1, 0.15) is 20.7 Å². The van der Waals surface area contributed by atoms with Crippen LogP contribution in [-0.4, -0.2) is 35.0 Å². The van der Waals surface area contributed by atoms with Gasteiger partial charge in [-0.1, -0.05) is 12.1 Å². The van der Waals surface area contributed by atoms with Crippen LogP contribution in [0.2, 0.25) is 0 Å². The van der Waals surface area contributed by atoms with Gasteiger partial charge in [0.25, 0.3) is 11.8 Å². The highest BCUT2D eigenvalue weighted by molar-refractivity contribution is 6.21. The summed E-state index contributed by atoms with van der Waals surface area (Å²) in [6.07, 6.45) is 0.543. The molecule has 2 amide bonds. The number of aldehydes is 1. The van der Waals surface area contributed by atoms with Crippen LogP contribution in [0.3, 0.4) is 0 Å². The summed E-state index contributed by atoms with van der Waals surface area (Å²) < 4.78 is 0. The molecule has 0 atom stereocenters. The van der Waals surface area contributed by atoms with Gasteiger partial charge >= 0.3 is 0 Å². The van der Waals surface area contributed by atoms with Crippen molar-refractivity contribution in [1.82, 2.24) is 4.90 Å². The highest BCUT2D eigenvalue weighted by atomic mass is 16.2. The fourth-order valence-electron chi connectivity index (χ4n) is 1.48. The first kappa shape index (κ1) is 11.1. The molecule has 2 rings (SSSR count). The fraction of sp³-hybridized carbons (Fsp3) is 0.100. The normalized spacial score (nSPS) is 13.5. The number of carbonyl (C=O) groups excluding carboxylic acids is 3. The van der Waals surface area contributed by atoms with Crippen molar-refractivity contribution in [1.29, 1.82) is 0 Å². The van der Waals surface area contributed by atoms with Crippen LogP contribution in [0.4, 0.5) is 0 Å². The van der Waals surface area contributed by atoms with Crippen molar-refractivity contribution in [2.24, 2.45) is 0 Å². The van der Waals surface area contributed by atoms with Crippen molar-refractivity contribution >= 4 is 18.1 Å². The van der Waals surface area contributed by atoms with E-state index in [1.807, 2.05) is 0 Å². The monoisotopic (exact) mass is 207 g/mol. The first-order chi connectivity index (χ1) is 6.75. The average Bonchev–Trinajstić information content (AvgIpc) is 2.45. The van der Waals surface area contributed by atoms with Gasteiger partial charge < -0.3 is 10.3 Å². The zero-order valence-corrected chi connectivity index (χ0v) is 7.77. The number of hydrogen-bond donors (Lipinski definition) is 0. The summed E-state index contributed by atoms with van der Waals surface area (Å²) in [5.74, 6) is -0.782. The van der Waals surface area contributed by atoms with Crippen LogP contribution >= 0.6 is 0 Å². The topological polar surface area (TPSA) is 85.9 Å². The maximum atomic E-state index is 11.5. The SMILES string of the molecule is O.O=CCN1C(=O)c2ccccc2C1=O. The highest BCUT2D eigenvalue weighted by Crippen LogP contribution is 2.21. The number of rotatable bonds is 2. The van der Waals surface area contributed by atoms with E-state index in [1.165, 1.54) is 0 Å². The number of imide groups is 1. The zero-order chi connectivity index (χ0) is 10.1. The van der Waals surface area contributed by atoms with E-state index >= 15 is 0 Å². The van der Waals surface area contributed by atoms with E-state index in [0.29, 0.717) is 17.4 Å². The lowest BCUT2D eigenvalue weighted by molar-refractivity contribution is -0.108. The minimum Gasteiger partial charge on any atom is -0.412 e. The third-order valence-electron chi connectivity index (χ3n) is 2.14. The summed E-state index contributed by atoms with van der Waals surface area (Å²) in [6.45, 7) is -0.174. The number of hydrogen-bond acceptors (Lipinski definition) is 3. The van der Waals surface area contributed by atoms with Crippen molar-refractivity contribution in [3.8, 4) is 0 Å². The maximum Gasteiger partial charge on any atom is 0.261 e. The Morgan fingerprint density at radius 3 is 1.93 bits per heavy atom. The van der Waals surface area contributed by atoms with Gasteiger partial charge in [-0.3, -0.25) is 14.5 Å². The predicted molar refractivity (Wildman–Crippen MR) is 51.5 cm³/mol. The number of nitrogens with zero attached hydrogens (tertiary/aromatic N) is 1. The largest absolute Gasteiger partial charge is 0.412 e. The van der Waals surface area contributed by atoms with E-state index in [2.05, 4.69) is 0 Å². The molecule has 0 spiro atoms. The van der Waals surface area contributed by atoms with Gasteiger partial charge in [0.2, 0.25) is 0 Å². The van der Waals surface area contributed by atoms with Gasteiger partial charge in [0.1, 0.15) is 6.29 Å². The Hall–Kier alpha value is -2.01. The molecule has 2 N–H and O–H groups in total. The first-order valence-electron chi connectivity index (χ1n) is 4.14. The van der Waals surface area contributed by atoms with Crippen molar-refractivity contribution in [3.63, 3.8) is 0 Å². The summed E-state index contributed by atoms with van der Waals surface area (Å²) in [5, 5.41) is 0.